The van der Waals surface area contributed by atoms with Gasteiger partial charge in [-0.05, 0) is 32.8 Å². The first-order chi connectivity index (χ1) is 18.8. The van der Waals surface area contributed by atoms with Crippen LogP contribution < -0.4 is 10.2 Å². The molecule has 2 fully saturated rings. The smallest absolute Gasteiger partial charge is 0.304 e. The Morgan fingerprint density at radius 1 is 1.13 bits per heavy atom. The summed E-state index contributed by atoms with van der Waals surface area (Å²) in [6.45, 7) is 8.82. The van der Waals surface area contributed by atoms with Crippen LogP contribution in [0.1, 0.15) is 48.5 Å². The maximum Gasteiger partial charge on any atom is 0.304 e. The van der Waals surface area contributed by atoms with E-state index < -0.39 is 5.97 Å². The van der Waals surface area contributed by atoms with Crippen molar-refractivity contribution in [1.82, 2.24) is 24.8 Å². The number of thiophene rings is 1. The number of aliphatic carboxylic acids is 1. The molecule has 2 atom stereocenters. The minimum absolute atomic E-state index is 0.142. The molecule has 1 unspecified atom stereocenters. The largest absolute Gasteiger partial charge is 0.481 e. The van der Waals surface area contributed by atoms with E-state index in [1.165, 1.54) is 41.7 Å². The van der Waals surface area contributed by atoms with E-state index in [0.717, 1.165) is 48.9 Å². The molecular weight excluding hydrogens is 558 g/mol. The predicted octanol–water partition coefficient (Wildman–Crippen LogP) is 4.54. The van der Waals surface area contributed by atoms with Crippen molar-refractivity contribution in [3.8, 4) is 11.3 Å². The number of thiazole rings is 1. The number of rotatable bonds is 9. The normalized spacial score (nSPS) is 20.4. The Hall–Kier alpha value is -2.64. The Balaban J connectivity index is 1.25. The number of carbonyl (C=O) groups is 2. The summed E-state index contributed by atoms with van der Waals surface area (Å²) >= 11 is 9.18. The molecule has 39 heavy (non-hydrogen) atoms. The number of likely N-dealkylation sites (tertiary alicyclic amines) is 1. The third-order valence-electron chi connectivity index (χ3n) is 7.43. The molecule has 0 aliphatic carbocycles. The number of carboxylic acids is 1. The molecule has 5 heterocycles. The van der Waals surface area contributed by atoms with Crippen LogP contribution in [0.5, 0.6) is 0 Å². The molecule has 13 heteroatoms. The van der Waals surface area contributed by atoms with Gasteiger partial charge in [0, 0.05) is 67.2 Å². The molecule has 0 spiro atoms. The van der Waals surface area contributed by atoms with Crippen LogP contribution in [0.4, 0.5) is 10.9 Å². The minimum Gasteiger partial charge on any atom is -0.481 e. The summed E-state index contributed by atoms with van der Waals surface area (Å²) < 4.78 is 0.703. The van der Waals surface area contributed by atoms with Gasteiger partial charge in [0.1, 0.15) is 11.5 Å². The number of hydrogen-bond acceptors (Lipinski definition) is 10. The Kier molecular flexibility index (Phi) is 8.77. The third kappa shape index (κ3) is 6.75. The first-order valence-corrected chi connectivity index (χ1v) is 15.2. The van der Waals surface area contributed by atoms with E-state index in [4.69, 9.17) is 21.7 Å². The number of aromatic nitrogens is 3. The number of nitrogens with one attached hydrogen (secondary N) is 1. The highest BCUT2D eigenvalue weighted by Gasteiger charge is 2.29. The van der Waals surface area contributed by atoms with E-state index in [2.05, 4.69) is 43.8 Å². The van der Waals surface area contributed by atoms with Crippen molar-refractivity contribution in [3.63, 3.8) is 0 Å². The standard InChI is InChI=1S/C26H32ClN7O3S2/c1-16-3-4-17(2)34(16)14-20-24(18-11-21(27)38-15-18)30-26(39-20)31-25(37)19-12-29-22(13-28-19)33-9-7-32(8-10-33)6-5-23(35)36/h11-13,15-17H,3-10,14H2,1-2H3,(H,35,36)(H,30,31,37)/t16-,17?/m1/s1. The van der Waals surface area contributed by atoms with E-state index in [9.17, 15) is 9.59 Å². The predicted molar refractivity (Wildman–Crippen MR) is 155 cm³/mol. The summed E-state index contributed by atoms with van der Waals surface area (Å²) in [5.41, 5.74) is 2.04. The molecule has 3 aromatic heterocycles. The van der Waals surface area contributed by atoms with E-state index >= 15 is 0 Å². The van der Waals surface area contributed by atoms with Gasteiger partial charge in [-0.1, -0.05) is 22.9 Å². The van der Waals surface area contributed by atoms with Gasteiger partial charge in [0.25, 0.3) is 5.91 Å². The Bertz CT molecular complexity index is 1300. The van der Waals surface area contributed by atoms with Crippen LogP contribution in [-0.4, -0.2) is 86.5 Å². The number of nitrogens with zero attached hydrogens (tertiary/aromatic N) is 6. The minimum atomic E-state index is -0.783. The van der Waals surface area contributed by atoms with Gasteiger partial charge in [0.05, 0.1) is 28.8 Å². The van der Waals surface area contributed by atoms with Gasteiger partial charge in [-0.3, -0.25) is 24.7 Å². The van der Waals surface area contributed by atoms with Crippen molar-refractivity contribution in [3.05, 3.63) is 38.7 Å². The number of carboxylic acid groups (broad SMARTS) is 1. The van der Waals surface area contributed by atoms with Gasteiger partial charge >= 0.3 is 5.97 Å². The fourth-order valence-corrected chi connectivity index (χ4v) is 6.97. The quantitative estimate of drug-likeness (QED) is 0.371. The van der Waals surface area contributed by atoms with Gasteiger partial charge in [0.15, 0.2) is 5.13 Å². The molecule has 0 radical (unpaired) electrons. The molecule has 5 rings (SSSR count). The molecule has 208 valence electrons. The maximum atomic E-state index is 13.0. The highest BCUT2D eigenvalue weighted by Crippen LogP contribution is 2.37. The lowest BCUT2D eigenvalue weighted by atomic mass is 10.2. The van der Waals surface area contributed by atoms with Crippen molar-refractivity contribution in [2.24, 2.45) is 0 Å². The third-order valence-corrected chi connectivity index (χ3v) is 9.48. The molecule has 2 saturated heterocycles. The van der Waals surface area contributed by atoms with Crippen molar-refractivity contribution in [2.75, 3.05) is 42.9 Å². The van der Waals surface area contributed by atoms with Crippen molar-refractivity contribution < 1.29 is 14.7 Å². The maximum absolute atomic E-state index is 13.0. The van der Waals surface area contributed by atoms with Gasteiger partial charge < -0.3 is 10.0 Å². The number of carbonyl (C=O) groups excluding carboxylic acids is 1. The SMILES string of the molecule is CC1CC[C@@H](C)N1Cc1sc(NC(=O)c2cnc(N3CCN(CCC(=O)O)CC3)cn2)nc1-c1csc(Cl)c1. The molecular formula is C26H32ClN7O3S2. The number of hydrogen-bond donors (Lipinski definition) is 2. The number of anilines is 2. The van der Waals surface area contributed by atoms with Crippen LogP contribution in [0, 0.1) is 0 Å². The number of amides is 1. The lowest BCUT2D eigenvalue weighted by Crippen LogP contribution is -2.47. The van der Waals surface area contributed by atoms with Crippen molar-refractivity contribution in [1.29, 1.82) is 0 Å². The molecule has 3 aromatic rings. The zero-order chi connectivity index (χ0) is 27.5. The summed E-state index contributed by atoms with van der Waals surface area (Å²) in [6.07, 6.45) is 5.60. The van der Waals surface area contributed by atoms with Crippen LogP contribution in [0.25, 0.3) is 11.3 Å². The molecule has 1 amide bonds. The van der Waals surface area contributed by atoms with E-state index in [1.807, 2.05) is 11.4 Å². The second-order valence-corrected chi connectivity index (χ2v) is 12.7. The lowest BCUT2D eigenvalue weighted by molar-refractivity contribution is -0.137. The second-order valence-electron chi connectivity index (χ2n) is 10.1. The average molecular weight is 590 g/mol. The van der Waals surface area contributed by atoms with Crippen LogP contribution in [-0.2, 0) is 11.3 Å². The monoisotopic (exact) mass is 589 g/mol. The van der Waals surface area contributed by atoms with Gasteiger partial charge in [-0.2, -0.15) is 0 Å². The summed E-state index contributed by atoms with van der Waals surface area (Å²) in [5.74, 6) is -0.439. The van der Waals surface area contributed by atoms with Gasteiger partial charge in [0.2, 0.25) is 0 Å². The van der Waals surface area contributed by atoms with E-state index in [1.54, 1.807) is 6.20 Å². The van der Waals surface area contributed by atoms with Crippen LogP contribution >= 0.6 is 34.3 Å². The van der Waals surface area contributed by atoms with Crippen molar-refractivity contribution >= 4 is 57.1 Å². The number of halogens is 1. The van der Waals surface area contributed by atoms with E-state index in [-0.39, 0.29) is 18.0 Å². The lowest BCUT2D eigenvalue weighted by Gasteiger charge is -2.34. The zero-order valence-corrected chi connectivity index (χ0v) is 24.4. The topological polar surface area (TPSA) is 115 Å². The molecule has 10 nitrogen and oxygen atoms in total. The zero-order valence-electron chi connectivity index (χ0n) is 22.0. The molecule has 2 N–H and O–H groups in total. The van der Waals surface area contributed by atoms with Crippen LogP contribution in [0.15, 0.2) is 23.8 Å². The highest BCUT2D eigenvalue weighted by molar-refractivity contribution is 7.16. The molecule has 2 aliphatic rings. The second kappa shape index (κ2) is 12.3. The number of piperazine rings is 1. The fraction of sp³-hybridized carbons (Fsp3) is 0.500. The Labute approximate surface area is 240 Å². The molecule has 0 bridgehead atoms. The Morgan fingerprint density at radius 2 is 1.87 bits per heavy atom. The summed E-state index contributed by atoms with van der Waals surface area (Å²) in [4.78, 5) is 45.3. The van der Waals surface area contributed by atoms with E-state index in [0.29, 0.717) is 33.9 Å². The Morgan fingerprint density at radius 3 is 2.49 bits per heavy atom. The van der Waals surface area contributed by atoms with Gasteiger partial charge in [-0.15, -0.1) is 11.3 Å². The highest BCUT2D eigenvalue weighted by atomic mass is 35.5. The summed E-state index contributed by atoms with van der Waals surface area (Å²) in [5, 5.41) is 14.3. The molecule has 0 aromatic carbocycles. The summed E-state index contributed by atoms with van der Waals surface area (Å²) in [6, 6.07) is 2.92. The van der Waals surface area contributed by atoms with Crippen molar-refractivity contribution in [2.45, 2.75) is 51.7 Å². The van der Waals surface area contributed by atoms with Crippen LogP contribution in [0.2, 0.25) is 4.34 Å². The molecule has 2 aliphatic heterocycles. The summed E-state index contributed by atoms with van der Waals surface area (Å²) in [7, 11) is 0. The average Bonchev–Trinajstić information content (AvgIpc) is 3.62. The first-order valence-electron chi connectivity index (χ1n) is 13.1. The van der Waals surface area contributed by atoms with Crippen LogP contribution in [0.3, 0.4) is 0 Å². The molecule has 0 saturated carbocycles. The first kappa shape index (κ1) is 27.9. The fourth-order valence-electron chi connectivity index (χ4n) is 5.12. The van der Waals surface area contributed by atoms with Gasteiger partial charge in [-0.25, -0.2) is 15.0 Å².